The highest BCUT2D eigenvalue weighted by Crippen LogP contribution is 2.37. The predicted octanol–water partition coefficient (Wildman–Crippen LogP) is 8.01. The summed E-state index contributed by atoms with van der Waals surface area (Å²) in [4.78, 5) is 26.7. The predicted molar refractivity (Wildman–Crippen MR) is 175 cm³/mol. The zero-order valence-corrected chi connectivity index (χ0v) is 29.7. The lowest BCUT2D eigenvalue weighted by atomic mass is 10.1. The highest BCUT2D eigenvalue weighted by molar-refractivity contribution is 6.76. The number of aromatic nitrogens is 1. The SMILES string of the molecule is CC(C)(C)OC(=O)n1c(C2=CC([N+](=O)[O-])=CN(COCC[Si](C)(C)C)CO2)cc2cc(CO[Si](C)(C)C(C)(C)C)ccc21. The van der Waals surface area contributed by atoms with Crippen LogP contribution < -0.4 is 0 Å². The van der Waals surface area contributed by atoms with Crippen molar-refractivity contribution < 1.29 is 28.4 Å². The van der Waals surface area contributed by atoms with E-state index < -0.39 is 33.0 Å². The van der Waals surface area contributed by atoms with Crippen molar-refractivity contribution >= 4 is 39.1 Å². The standard InChI is InChI=1S/C31H49N3O7Si2/c1-30(2,3)41-29(35)33-26-13-12-23(20-40-43(10,11)31(4,5)6)16-24(26)17-27(33)28-18-25(34(36)37)19-32(22-39-28)21-38-14-15-42(7,8)9/h12-13,16-19H,14-15,20-22H2,1-11H3. The van der Waals surface area contributed by atoms with Gasteiger partial charge in [0, 0.05) is 20.1 Å². The van der Waals surface area contributed by atoms with Gasteiger partial charge in [-0.05, 0) is 68.7 Å². The van der Waals surface area contributed by atoms with E-state index in [9.17, 15) is 14.9 Å². The lowest BCUT2D eigenvalue weighted by molar-refractivity contribution is -0.420. The zero-order chi connectivity index (χ0) is 32.4. The number of nitro groups is 1. The Morgan fingerprint density at radius 2 is 1.74 bits per heavy atom. The van der Waals surface area contributed by atoms with Crippen LogP contribution in [0.15, 0.2) is 42.2 Å². The zero-order valence-electron chi connectivity index (χ0n) is 27.7. The molecule has 1 aliphatic rings. The minimum atomic E-state index is -1.98. The van der Waals surface area contributed by atoms with Crippen molar-refractivity contribution in [1.29, 1.82) is 0 Å². The topological polar surface area (TPSA) is 105 Å². The molecule has 0 N–H and O–H groups in total. The van der Waals surface area contributed by atoms with E-state index in [0.29, 0.717) is 24.4 Å². The first-order valence-electron chi connectivity index (χ1n) is 14.7. The van der Waals surface area contributed by atoms with Gasteiger partial charge in [0.15, 0.2) is 20.8 Å². The number of carbonyl (C=O) groups excluding carboxylic acids is 1. The average molecular weight is 632 g/mol. The van der Waals surface area contributed by atoms with E-state index in [1.165, 1.54) is 16.8 Å². The Morgan fingerprint density at radius 3 is 2.33 bits per heavy atom. The molecule has 1 aromatic carbocycles. The van der Waals surface area contributed by atoms with Gasteiger partial charge in [0.1, 0.15) is 12.3 Å². The Kier molecular flexibility index (Phi) is 10.4. The van der Waals surface area contributed by atoms with Gasteiger partial charge in [-0.1, -0.05) is 46.5 Å². The van der Waals surface area contributed by atoms with Crippen LogP contribution >= 0.6 is 0 Å². The van der Waals surface area contributed by atoms with Crippen LogP contribution in [0.1, 0.15) is 52.8 Å². The van der Waals surface area contributed by atoms with Crippen LogP contribution in [0.4, 0.5) is 4.79 Å². The molecule has 0 saturated heterocycles. The summed E-state index contributed by atoms with van der Waals surface area (Å²) in [5, 5.41) is 12.8. The average Bonchev–Trinajstić information content (AvgIpc) is 3.09. The van der Waals surface area contributed by atoms with Crippen LogP contribution in [-0.2, 0) is 25.2 Å². The fraction of sp³-hybridized carbons (Fsp3) is 0.581. The maximum absolute atomic E-state index is 13.5. The van der Waals surface area contributed by atoms with Gasteiger partial charge >= 0.3 is 6.09 Å². The van der Waals surface area contributed by atoms with E-state index in [1.807, 2.05) is 18.2 Å². The Balaban J connectivity index is 1.98. The van der Waals surface area contributed by atoms with E-state index in [2.05, 4.69) is 53.5 Å². The monoisotopic (exact) mass is 631 g/mol. The molecule has 3 rings (SSSR count). The fourth-order valence-electron chi connectivity index (χ4n) is 3.99. The molecular weight excluding hydrogens is 583 g/mol. The first kappa shape index (κ1) is 34.6. The van der Waals surface area contributed by atoms with Gasteiger partial charge in [0.25, 0.3) is 5.70 Å². The Hall–Kier alpha value is -2.94. The van der Waals surface area contributed by atoms with E-state index in [1.54, 1.807) is 31.7 Å². The summed E-state index contributed by atoms with van der Waals surface area (Å²) >= 11 is 0. The second kappa shape index (κ2) is 13.0. The molecule has 43 heavy (non-hydrogen) atoms. The maximum atomic E-state index is 13.5. The first-order chi connectivity index (χ1) is 19.7. The minimum Gasteiger partial charge on any atom is -0.471 e. The molecule has 0 fully saturated rings. The van der Waals surface area contributed by atoms with Crippen LogP contribution in [0.2, 0.25) is 43.8 Å². The number of nitrogens with zero attached hydrogens (tertiary/aromatic N) is 3. The van der Waals surface area contributed by atoms with Crippen molar-refractivity contribution in [2.75, 3.05) is 20.1 Å². The molecule has 1 aromatic heterocycles. The quantitative estimate of drug-likeness (QED) is 0.112. The molecule has 238 valence electrons. The summed E-state index contributed by atoms with van der Waals surface area (Å²) in [6.45, 7) is 24.4. The fourth-order valence-corrected chi connectivity index (χ4v) is 5.71. The molecule has 0 aliphatic carbocycles. The number of benzene rings is 1. The second-order valence-corrected chi connectivity index (χ2v) is 25.2. The van der Waals surface area contributed by atoms with Crippen LogP contribution in [0, 0.1) is 10.1 Å². The Labute approximate surface area is 257 Å². The van der Waals surface area contributed by atoms with E-state index in [4.69, 9.17) is 18.6 Å². The summed E-state index contributed by atoms with van der Waals surface area (Å²) < 4.78 is 25.5. The lowest BCUT2D eigenvalue weighted by Gasteiger charge is -2.36. The van der Waals surface area contributed by atoms with Gasteiger partial charge in [-0.3, -0.25) is 10.1 Å². The third-order valence-corrected chi connectivity index (χ3v) is 13.7. The molecule has 0 amide bonds. The molecular formula is C31H49N3O7Si2. The summed E-state index contributed by atoms with van der Waals surface area (Å²) in [5.74, 6) is 0.189. The largest absolute Gasteiger partial charge is 0.471 e. The van der Waals surface area contributed by atoms with Gasteiger partial charge in [0.05, 0.1) is 35.0 Å². The lowest BCUT2D eigenvalue weighted by Crippen LogP contribution is -2.40. The molecule has 0 unspecified atom stereocenters. The maximum Gasteiger partial charge on any atom is 0.419 e. The van der Waals surface area contributed by atoms with Crippen LogP contribution in [0.3, 0.4) is 0 Å². The molecule has 0 bridgehead atoms. The van der Waals surface area contributed by atoms with Crippen molar-refractivity contribution in [3.8, 4) is 0 Å². The molecule has 0 atom stereocenters. The molecule has 0 spiro atoms. The van der Waals surface area contributed by atoms with Gasteiger partial charge < -0.3 is 23.5 Å². The van der Waals surface area contributed by atoms with Crippen molar-refractivity contribution in [1.82, 2.24) is 9.47 Å². The molecule has 0 radical (unpaired) electrons. The minimum absolute atomic E-state index is 0.0115. The highest BCUT2D eigenvalue weighted by Gasteiger charge is 2.37. The molecule has 0 saturated carbocycles. The second-order valence-electron chi connectivity index (χ2n) is 14.8. The number of fused-ring (bicyclic) bond motifs is 1. The third-order valence-electron chi connectivity index (χ3n) is 7.54. The number of hydrogen-bond donors (Lipinski definition) is 0. The van der Waals surface area contributed by atoms with Gasteiger partial charge in [0.2, 0.25) is 0 Å². The van der Waals surface area contributed by atoms with Crippen LogP contribution in [0.25, 0.3) is 16.7 Å². The number of carbonyl (C=O) groups is 1. The third kappa shape index (κ3) is 9.52. The van der Waals surface area contributed by atoms with E-state index in [-0.39, 0.29) is 30.0 Å². The first-order valence-corrected chi connectivity index (χ1v) is 21.3. The number of allylic oxidation sites excluding steroid dienone is 1. The smallest absolute Gasteiger partial charge is 0.419 e. The van der Waals surface area contributed by atoms with Crippen LogP contribution in [-0.4, -0.2) is 62.5 Å². The molecule has 12 heteroatoms. The number of ether oxygens (including phenoxy) is 3. The van der Waals surface area contributed by atoms with Gasteiger partial charge in [-0.2, -0.15) is 0 Å². The van der Waals surface area contributed by atoms with E-state index >= 15 is 0 Å². The molecule has 2 aromatic rings. The summed E-state index contributed by atoms with van der Waals surface area (Å²) in [6.07, 6.45) is 2.16. The van der Waals surface area contributed by atoms with Crippen LogP contribution in [0.5, 0.6) is 0 Å². The highest BCUT2D eigenvalue weighted by atomic mass is 28.4. The van der Waals surface area contributed by atoms with Crippen molar-refractivity contribution in [2.24, 2.45) is 0 Å². The summed E-state index contributed by atoms with van der Waals surface area (Å²) in [7, 11) is -3.26. The van der Waals surface area contributed by atoms with Crippen molar-refractivity contribution in [2.45, 2.75) is 97.6 Å². The van der Waals surface area contributed by atoms with Crippen molar-refractivity contribution in [3.63, 3.8) is 0 Å². The normalized spacial score (nSPS) is 15.1. The summed E-state index contributed by atoms with van der Waals surface area (Å²) in [5.41, 5.74) is 1.00. The van der Waals surface area contributed by atoms with Gasteiger partial charge in [-0.25, -0.2) is 9.36 Å². The summed E-state index contributed by atoms with van der Waals surface area (Å²) in [6, 6.07) is 8.55. The van der Waals surface area contributed by atoms with Gasteiger partial charge in [-0.15, -0.1) is 0 Å². The molecule has 10 nitrogen and oxygen atoms in total. The Bertz CT molecular complexity index is 1390. The number of hydrogen-bond acceptors (Lipinski definition) is 8. The molecule has 2 heterocycles. The van der Waals surface area contributed by atoms with E-state index in [0.717, 1.165) is 17.0 Å². The molecule has 1 aliphatic heterocycles. The van der Waals surface area contributed by atoms with Crippen molar-refractivity contribution in [3.05, 3.63) is 63.6 Å². The Morgan fingerprint density at radius 1 is 1.07 bits per heavy atom. The number of rotatable bonds is 10.